The van der Waals surface area contributed by atoms with Gasteiger partial charge in [0, 0.05) is 31.6 Å². The lowest BCUT2D eigenvalue weighted by atomic mass is 9.56. The summed E-state index contributed by atoms with van der Waals surface area (Å²) >= 11 is 0. The third kappa shape index (κ3) is 3.62. The minimum Gasteiger partial charge on any atom is -0.389 e. The molecule has 0 atom stereocenters. The molecule has 2 aliphatic rings. The average Bonchev–Trinajstić information content (AvgIpc) is 2.41. The SMILES string of the molecule is CC(C)CN1CCC(O)(C2(CN)CCC(C)(C)CC2)CC1. The third-order valence-electron chi connectivity index (χ3n) is 6.25. The van der Waals surface area contributed by atoms with E-state index in [1.807, 2.05) is 0 Å². The molecule has 0 bridgehead atoms. The second kappa shape index (κ2) is 6.17. The van der Waals surface area contributed by atoms with Crippen LogP contribution in [0.4, 0.5) is 0 Å². The van der Waals surface area contributed by atoms with Crippen molar-refractivity contribution in [3.63, 3.8) is 0 Å². The van der Waals surface area contributed by atoms with E-state index < -0.39 is 5.60 Å². The summed E-state index contributed by atoms with van der Waals surface area (Å²) in [5.74, 6) is 0.704. The number of nitrogens with two attached hydrogens (primary N) is 1. The Labute approximate surface area is 131 Å². The summed E-state index contributed by atoms with van der Waals surface area (Å²) < 4.78 is 0. The molecule has 3 heteroatoms. The van der Waals surface area contributed by atoms with E-state index in [9.17, 15) is 5.11 Å². The van der Waals surface area contributed by atoms with Crippen LogP contribution in [0.3, 0.4) is 0 Å². The van der Waals surface area contributed by atoms with Crippen molar-refractivity contribution in [1.82, 2.24) is 4.90 Å². The van der Waals surface area contributed by atoms with Crippen LogP contribution in [0.1, 0.15) is 66.2 Å². The van der Waals surface area contributed by atoms with Gasteiger partial charge in [-0.3, -0.25) is 0 Å². The number of hydrogen-bond donors (Lipinski definition) is 2. The highest BCUT2D eigenvalue weighted by atomic mass is 16.3. The van der Waals surface area contributed by atoms with Crippen LogP contribution in [0.15, 0.2) is 0 Å². The van der Waals surface area contributed by atoms with Gasteiger partial charge in [0.25, 0.3) is 0 Å². The largest absolute Gasteiger partial charge is 0.389 e. The van der Waals surface area contributed by atoms with Crippen molar-refractivity contribution in [2.45, 2.75) is 71.8 Å². The number of aliphatic hydroxyl groups is 1. The van der Waals surface area contributed by atoms with Crippen molar-refractivity contribution >= 4 is 0 Å². The van der Waals surface area contributed by atoms with Gasteiger partial charge >= 0.3 is 0 Å². The summed E-state index contributed by atoms with van der Waals surface area (Å²) in [5.41, 5.74) is 6.04. The van der Waals surface area contributed by atoms with Gasteiger partial charge in [-0.25, -0.2) is 0 Å². The molecule has 0 aromatic carbocycles. The number of likely N-dealkylation sites (tertiary alicyclic amines) is 1. The second-order valence-corrected chi connectivity index (χ2v) is 8.87. The molecule has 0 spiro atoms. The molecule has 3 N–H and O–H groups in total. The smallest absolute Gasteiger partial charge is 0.0740 e. The Morgan fingerprint density at radius 3 is 1.95 bits per heavy atom. The van der Waals surface area contributed by atoms with E-state index in [1.54, 1.807) is 0 Å². The fourth-order valence-corrected chi connectivity index (χ4v) is 4.42. The second-order valence-electron chi connectivity index (χ2n) is 8.87. The topological polar surface area (TPSA) is 49.5 Å². The lowest BCUT2D eigenvalue weighted by Gasteiger charge is -2.55. The van der Waals surface area contributed by atoms with E-state index in [1.165, 1.54) is 12.8 Å². The van der Waals surface area contributed by atoms with Crippen LogP contribution < -0.4 is 5.73 Å². The van der Waals surface area contributed by atoms with Crippen LogP contribution in [-0.2, 0) is 0 Å². The van der Waals surface area contributed by atoms with Crippen molar-refractivity contribution in [2.75, 3.05) is 26.2 Å². The molecule has 0 radical (unpaired) electrons. The van der Waals surface area contributed by atoms with Crippen LogP contribution in [0, 0.1) is 16.7 Å². The Bertz CT molecular complexity index is 333. The number of piperidine rings is 1. The molecule has 0 unspecified atom stereocenters. The van der Waals surface area contributed by atoms with E-state index >= 15 is 0 Å². The van der Waals surface area contributed by atoms with Gasteiger partial charge in [0.2, 0.25) is 0 Å². The standard InChI is InChI=1S/C18H36N2O/c1-15(2)13-20-11-9-18(21,10-12-20)17(14-19)7-5-16(3,4)6-8-17/h15,21H,5-14,19H2,1-4H3. The maximum Gasteiger partial charge on any atom is 0.0740 e. The fourth-order valence-electron chi connectivity index (χ4n) is 4.42. The summed E-state index contributed by atoms with van der Waals surface area (Å²) in [6.07, 6.45) is 6.38. The van der Waals surface area contributed by atoms with Crippen LogP contribution in [-0.4, -0.2) is 41.8 Å². The van der Waals surface area contributed by atoms with Crippen LogP contribution in [0.5, 0.6) is 0 Å². The van der Waals surface area contributed by atoms with Gasteiger partial charge in [-0.05, 0) is 49.9 Å². The van der Waals surface area contributed by atoms with Crippen molar-refractivity contribution in [3.05, 3.63) is 0 Å². The normalized spacial score (nSPS) is 28.7. The molecule has 1 saturated carbocycles. The zero-order chi connectivity index (χ0) is 15.7. The molecule has 1 aliphatic heterocycles. The third-order valence-corrected chi connectivity index (χ3v) is 6.25. The highest BCUT2D eigenvalue weighted by molar-refractivity contribution is 5.05. The highest BCUT2D eigenvalue weighted by Gasteiger charge is 2.52. The van der Waals surface area contributed by atoms with Crippen LogP contribution in [0.2, 0.25) is 0 Å². The molecule has 1 heterocycles. The van der Waals surface area contributed by atoms with Crippen LogP contribution in [0.25, 0.3) is 0 Å². The summed E-state index contributed by atoms with van der Waals surface area (Å²) in [4.78, 5) is 2.51. The zero-order valence-electron chi connectivity index (χ0n) is 14.6. The molecule has 1 saturated heterocycles. The quantitative estimate of drug-likeness (QED) is 0.838. The Kier molecular flexibility index (Phi) is 5.07. The van der Waals surface area contributed by atoms with Gasteiger partial charge in [-0.15, -0.1) is 0 Å². The van der Waals surface area contributed by atoms with Crippen molar-refractivity contribution in [1.29, 1.82) is 0 Å². The minimum atomic E-state index is -0.536. The first-order chi connectivity index (χ1) is 9.72. The molecular weight excluding hydrogens is 260 g/mol. The van der Waals surface area contributed by atoms with E-state index in [2.05, 4.69) is 32.6 Å². The van der Waals surface area contributed by atoms with Gasteiger partial charge < -0.3 is 15.7 Å². The first kappa shape index (κ1) is 17.2. The maximum atomic E-state index is 11.4. The molecule has 1 aliphatic carbocycles. The molecular formula is C18H36N2O. The van der Waals surface area contributed by atoms with E-state index in [0.29, 0.717) is 17.9 Å². The Balaban J connectivity index is 2.02. The molecule has 0 aromatic heterocycles. The average molecular weight is 296 g/mol. The van der Waals surface area contributed by atoms with Gasteiger partial charge in [-0.2, -0.15) is 0 Å². The molecule has 2 fully saturated rings. The highest BCUT2D eigenvalue weighted by Crippen LogP contribution is 2.52. The number of hydrogen-bond acceptors (Lipinski definition) is 3. The maximum absolute atomic E-state index is 11.4. The Hall–Kier alpha value is -0.120. The molecule has 21 heavy (non-hydrogen) atoms. The van der Waals surface area contributed by atoms with Gasteiger partial charge in [0.15, 0.2) is 0 Å². The Morgan fingerprint density at radius 1 is 1.00 bits per heavy atom. The predicted octanol–water partition coefficient (Wildman–Crippen LogP) is 3.01. The monoisotopic (exact) mass is 296 g/mol. The predicted molar refractivity (Wildman–Crippen MR) is 89.2 cm³/mol. The van der Waals surface area contributed by atoms with E-state index in [0.717, 1.165) is 45.3 Å². The molecule has 2 rings (SSSR count). The summed E-state index contributed by atoms with van der Waals surface area (Å²) in [6.45, 7) is 13.1. The van der Waals surface area contributed by atoms with Crippen LogP contribution >= 0.6 is 0 Å². The summed E-state index contributed by atoms with van der Waals surface area (Å²) in [7, 11) is 0. The number of nitrogens with zero attached hydrogens (tertiary/aromatic N) is 1. The molecule has 0 aromatic rings. The fraction of sp³-hybridized carbons (Fsp3) is 1.00. The van der Waals surface area contributed by atoms with Crippen molar-refractivity contribution in [2.24, 2.45) is 22.5 Å². The lowest BCUT2D eigenvalue weighted by Crippen LogP contribution is -2.59. The van der Waals surface area contributed by atoms with E-state index in [-0.39, 0.29) is 5.41 Å². The summed E-state index contributed by atoms with van der Waals surface area (Å²) in [6, 6.07) is 0. The first-order valence-electron chi connectivity index (χ1n) is 8.87. The zero-order valence-corrected chi connectivity index (χ0v) is 14.6. The van der Waals surface area contributed by atoms with Crippen molar-refractivity contribution < 1.29 is 5.11 Å². The van der Waals surface area contributed by atoms with Gasteiger partial charge in [0.1, 0.15) is 0 Å². The van der Waals surface area contributed by atoms with E-state index in [4.69, 9.17) is 5.73 Å². The first-order valence-corrected chi connectivity index (χ1v) is 8.87. The molecule has 0 amide bonds. The number of rotatable bonds is 4. The van der Waals surface area contributed by atoms with Gasteiger partial charge in [0.05, 0.1) is 5.60 Å². The Morgan fingerprint density at radius 2 is 1.52 bits per heavy atom. The minimum absolute atomic E-state index is 0.0353. The van der Waals surface area contributed by atoms with Crippen molar-refractivity contribution in [3.8, 4) is 0 Å². The lowest BCUT2D eigenvalue weighted by molar-refractivity contribution is -0.142. The molecule has 3 nitrogen and oxygen atoms in total. The molecule has 124 valence electrons. The van der Waals surface area contributed by atoms with Gasteiger partial charge in [-0.1, -0.05) is 27.7 Å². The summed E-state index contributed by atoms with van der Waals surface area (Å²) in [5, 5.41) is 11.4.